The molecule has 9 heteroatoms. The summed E-state index contributed by atoms with van der Waals surface area (Å²) in [6, 6.07) is 4.96. The van der Waals surface area contributed by atoms with Crippen molar-refractivity contribution in [1.82, 2.24) is 4.90 Å². The molecule has 0 bridgehead atoms. The quantitative estimate of drug-likeness (QED) is 0.483. The molecule has 1 saturated heterocycles. The van der Waals surface area contributed by atoms with Gasteiger partial charge in [-0.15, -0.1) is 0 Å². The van der Waals surface area contributed by atoms with Gasteiger partial charge in [-0.2, -0.15) is 0 Å². The Morgan fingerprint density at radius 1 is 1.24 bits per heavy atom. The Morgan fingerprint density at radius 3 is 2.69 bits per heavy atom. The zero-order valence-electron chi connectivity index (χ0n) is 16.3. The van der Waals surface area contributed by atoms with Crippen LogP contribution in [0.1, 0.15) is 25.3 Å². The average molecular weight is 423 g/mol. The third kappa shape index (κ3) is 5.72. The number of fused-ring (bicyclic) bond motifs is 1. The molecule has 2 aliphatic heterocycles. The second kappa shape index (κ2) is 9.30. The number of nitrogens with zero attached hydrogens (tertiary/aromatic N) is 1. The van der Waals surface area contributed by atoms with Gasteiger partial charge >= 0.3 is 5.97 Å². The molecule has 0 aliphatic carbocycles. The number of rotatable bonds is 7. The van der Waals surface area contributed by atoms with Crippen molar-refractivity contribution in [3.05, 3.63) is 29.8 Å². The molecular weight excluding hydrogens is 398 g/mol. The molecule has 0 aromatic heterocycles. The lowest BCUT2D eigenvalue weighted by Crippen LogP contribution is -2.43. The Hall–Kier alpha value is -2.55. The first kappa shape index (κ1) is 21.2. The van der Waals surface area contributed by atoms with E-state index in [1.54, 1.807) is 24.3 Å². The molecule has 0 N–H and O–H groups in total. The summed E-state index contributed by atoms with van der Waals surface area (Å²) in [5.41, 5.74) is 0.737. The minimum absolute atomic E-state index is 0.0310. The van der Waals surface area contributed by atoms with Crippen LogP contribution in [0.5, 0.6) is 11.5 Å². The summed E-state index contributed by atoms with van der Waals surface area (Å²) in [4.78, 5) is 26.0. The van der Waals surface area contributed by atoms with Crippen LogP contribution in [0.4, 0.5) is 0 Å². The van der Waals surface area contributed by atoms with Crippen LogP contribution in [0, 0.1) is 0 Å². The highest BCUT2D eigenvalue weighted by atomic mass is 32.2. The van der Waals surface area contributed by atoms with Crippen LogP contribution in [0.2, 0.25) is 0 Å². The SMILES string of the molecule is CCCN(C(=O)COC(=O)/C=C/c1ccc2c(c1)OCCO2)[C@H]1CCS(=O)(=O)C1. The third-order valence-electron chi connectivity index (χ3n) is 4.75. The molecule has 1 fully saturated rings. The standard InChI is InChI=1S/C20H25NO7S/c1-2-8-21(16-7-11-29(24,25)14-16)19(22)13-28-20(23)6-4-15-3-5-17-18(12-15)27-10-9-26-17/h3-6,12,16H,2,7-11,13-14H2,1H3/b6-4+/t16-/m0/s1. The molecule has 158 valence electrons. The molecule has 1 amide bonds. The van der Waals surface area contributed by atoms with Gasteiger partial charge in [0.1, 0.15) is 13.2 Å². The normalized spacial score (nSPS) is 19.8. The van der Waals surface area contributed by atoms with Crippen LogP contribution in [0.25, 0.3) is 6.08 Å². The number of carbonyl (C=O) groups is 2. The molecule has 1 aromatic carbocycles. The smallest absolute Gasteiger partial charge is 0.331 e. The van der Waals surface area contributed by atoms with Crippen LogP contribution >= 0.6 is 0 Å². The molecule has 1 atom stereocenters. The number of benzene rings is 1. The van der Waals surface area contributed by atoms with E-state index in [1.165, 1.54) is 11.0 Å². The summed E-state index contributed by atoms with van der Waals surface area (Å²) in [6.07, 6.45) is 3.92. The summed E-state index contributed by atoms with van der Waals surface area (Å²) in [6.45, 7) is 2.90. The van der Waals surface area contributed by atoms with Crippen molar-refractivity contribution >= 4 is 27.8 Å². The Balaban J connectivity index is 1.53. The highest BCUT2D eigenvalue weighted by molar-refractivity contribution is 7.91. The topological polar surface area (TPSA) is 99.2 Å². The van der Waals surface area contributed by atoms with E-state index in [1.807, 2.05) is 6.92 Å². The molecule has 0 spiro atoms. The molecule has 0 radical (unpaired) electrons. The van der Waals surface area contributed by atoms with Gasteiger partial charge in [0.25, 0.3) is 5.91 Å². The average Bonchev–Trinajstić information content (AvgIpc) is 3.07. The first-order valence-corrected chi connectivity index (χ1v) is 11.4. The minimum atomic E-state index is -3.10. The van der Waals surface area contributed by atoms with Crippen molar-refractivity contribution in [3.63, 3.8) is 0 Å². The van der Waals surface area contributed by atoms with Gasteiger partial charge in [0.05, 0.1) is 11.5 Å². The molecule has 3 rings (SSSR count). The van der Waals surface area contributed by atoms with E-state index >= 15 is 0 Å². The number of esters is 1. The highest BCUT2D eigenvalue weighted by Gasteiger charge is 2.34. The fraction of sp³-hybridized carbons (Fsp3) is 0.500. The van der Waals surface area contributed by atoms with Gasteiger partial charge in [0, 0.05) is 18.7 Å². The van der Waals surface area contributed by atoms with Gasteiger partial charge in [-0.3, -0.25) is 4.79 Å². The number of hydrogen-bond acceptors (Lipinski definition) is 7. The van der Waals surface area contributed by atoms with E-state index in [9.17, 15) is 18.0 Å². The maximum absolute atomic E-state index is 12.5. The van der Waals surface area contributed by atoms with Gasteiger partial charge in [-0.1, -0.05) is 13.0 Å². The maximum Gasteiger partial charge on any atom is 0.331 e. The van der Waals surface area contributed by atoms with E-state index < -0.39 is 22.4 Å². The van der Waals surface area contributed by atoms with Crippen LogP contribution in [-0.2, 0) is 24.2 Å². The first-order chi connectivity index (χ1) is 13.9. The maximum atomic E-state index is 12.5. The minimum Gasteiger partial charge on any atom is -0.486 e. The van der Waals surface area contributed by atoms with Gasteiger partial charge in [-0.05, 0) is 36.6 Å². The molecule has 1 aromatic rings. The van der Waals surface area contributed by atoms with E-state index in [4.69, 9.17) is 14.2 Å². The Bertz CT molecular complexity index is 894. The van der Waals surface area contributed by atoms with Crippen LogP contribution in [0.15, 0.2) is 24.3 Å². The summed E-state index contributed by atoms with van der Waals surface area (Å²) >= 11 is 0. The van der Waals surface area contributed by atoms with Crippen LogP contribution in [-0.4, -0.2) is 69.1 Å². The van der Waals surface area contributed by atoms with Crippen molar-refractivity contribution in [2.45, 2.75) is 25.8 Å². The lowest BCUT2D eigenvalue weighted by Gasteiger charge is -2.27. The van der Waals surface area contributed by atoms with Gasteiger partial charge in [0.15, 0.2) is 27.9 Å². The van der Waals surface area contributed by atoms with Gasteiger partial charge in [-0.25, -0.2) is 13.2 Å². The van der Waals surface area contributed by atoms with Crippen LogP contribution < -0.4 is 9.47 Å². The van der Waals surface area contributed by atoms with Gasteiger partial charge < -0.3 is 19.1 Å². The number of carbonyl (C=O) groups excluding carboxylic acids is 2. The fourth-order valence-corrected chi connectivity index (χ4v) is 5.10. The predicted octanol–water partition coefficient (Wildman–Crippen LogP) is 1.44. The van der Waals surface area contributed by atoms with Crippen molar-refractivity contribution < 1.29 is 32.2 Å². The molecule has 8 nitrogen and oxygen atoms in total. The first-order valence-electron chi connectivity index (χ1n) is 9.62. The third-order valence-corrected chi connectivity index (χ3v) is 6.50. The zero-order chi connectivity index (χ0) is 20.9. The molecule has 29 heavy (non-hydrogen) atoms. The summed E-state index contributed by atoms with van der Waals surface area (Å²) in [5, 5.41) is 0. The van der Waals surface area contributed by atoms with E-state index in [2.05, 4.69) is 0 Å². The molecular formula is C20H25NO7S. The highest BCUT2D eigenvalue weighted by Crippen LogP contribution is 2.31. The lowest BCUT2D eigenvalue weighted by molar-refractivity contribution is -0.149. The summed E-state index contributed by atoms with van der Waals surface area (Å²) in [5.74, 6) is 0.300. The van der Waals surface area contributed by atoms with Crippen LogP contribution in [0.3, 0.4) is 0 Å². The van der Waals surface area contributed by atoms with E-state index in [0.29, 0.717) is 44.1 Å². The number of hydrogen-bond donors (Lipinski definition) is 0. The second-order valence-electron chi connectivity index (χ2n) is 6.99. The number of amides is 1. The van der Waals surface area contributed by atoms with Crippen molar-refractivity contribution in [2.24, 2.45) is 0 Å². The van der Waals surface area contributed by atoms with Crippen molar-refractivity contribution in [1.29, 1.82) is 0 Å². The summed E-state index contributed by atoms with van der Waals surface area (Å²) in [7, 11) is -3.10. The lowest BCUT2D eigenvalue weighted by atomic mass is 10.2. The molecule has 0 saturated carbocycles. The number of ether oxygens (including phenoxy) is 3. The predicted molar refractivity (Wildman–Crippen MR) is 106 cm³/mol. The number of sulfone groups is 1. The van der Waals surface area contributed by atoms with E-state index in [-0.39, 0.29) is 23.5 Å². The van der Waals surface area contributed by atoms with Gasteiger partial charge in [0.2, 0.25) is 0 Å². The molecule has 2 aliphatic rings. The van der Waals surface area contributed by atoms with Crippen molar-refractivity contribution in [3.8, 4) is 11.5 Å². The fourth-order valence-electron chi connectivity index (χ4n) is 3.36. The largest absolute Gasteiger partial charge is 0.486 e. The van der Waals surface area contributed by atoms with E-state index in [0.717, 1.165) is 5.56 Å². The van der Waals surface area contributed by atoms with Crippen molar-refractivity contribution in [2.75, 3.05) is 37.9 Å². The Kier molecular flexibility index (Phi) is 6.79. The molecule has 0 unspecified atom stereocenters. The monoisotopic (exact) mass is 423 g/mol. The molecule has 2 heterocycles. The second-order valence-corrected chi connectivity index (χ2v) is 9.22. The Morgan fingerprint density at radius 2 is 2.00 bits per heavy atom. The zero-order valence-corrected chi connectivity index (χ0v) is 17.2. The summed E-state index contributed by atoms with van der Waals surface area (Å²) < 4.78 is 39.4. The Labute approximate surface area is 170 Å².